The van der Waals surface area contributed by atoms with Crippen molar-refractivity contribution in [2.45, 2.75) is 26.1 Å². The minimum atomic E-state index is -0.367. The number of benzene rings is 1. The predicted octanol–water partition coefficient (Wildman–Crippen LogP) is 1.81. The van der Waals surface area contributed by atoms with Gasteiger partial charge in [-0.2, -0.15) is 0 Å². The Morgan fingerprint density at radius 3 is 3.00 bits per heavy atom. The van der Waals surface area contributed by atoms with Crippen LogP contribution in [0.3, 0.4) is 0 Å². The molecule has 0 bridgehead atoms. The van der Waals surface area contributed by atoms with E-state index in [1.807, 2.05) is 6.07 Å². The second kappa shape index (κ2) is 3.48. The molecule has 2 heteroatoms. The summed E-state index contributed by atoms with van der Waals surface area (Å²) in [5, 5.41) is 9.39. The molecule has 0 aromatic heterocycles. The lowest BCUT2D eigenvalue weighted by atomic mass is 9.98. The molecule has 0 saturated carbocycles. The molecule has 0 saturated heterocycles. The van der Waals surface area contributed by atoms with Crippen molar-refractivity contribution in [3.05, 3.63) is 34.9 Å². The molecule has 13 heavy (non-hydrogen) atoms. The van der Waals surface area contributed by atoms with Gasteiger partial charge in [-0.25, -0.2) is 0 Å². The first-order valence-corrected chi connectivity index (χ1v) is 4.65. The topological polar surface area (TPSA) is 29.5 Å². The van der Waals surface area contributed by atoms with Gasteiger partial charge in [0.05, 0.1) is 19.3 Å². The van der Waals surface area contributed by atoms with Crippen LogP contribution in [0.1, 0.15) is 29.7 Å². The van der Waals surface area contributed by atoms with Crippen LogP contribution in [0, 0.1) is 0 Å². The molecule has 1 aliphatic rings. The number of aliphatic hydroxyl groups excluding tert-OH is 1. The van der Waals surface area contributed by atoms with E-state index < -0.39 is 0 Å². The molecule has 70 valence electrons. The number of fused-ring (bicyclic) bond motifs is 1. The Morgan fingerprint density at radius 2 is 2.23 bits per heavy atom. The van der Waals surface area contributed by atoms with Gasteiger partial charge in [0.2, 0.25) is 0 Å². The van der Waals surface area contributed by atoms with Crippen molar-refractivity contribution in [3.8, 4) is 0 Å². The number of hydrogen-bond acceptors (Lipinski definition) is 2. The zero-order valence-electron chi connectivity index (χ0n) is 7.79. The lowest BCUT2D eigenvalue weighted by Crippen LogP contribution is -2.10. The molecule has 2 rings (SSSR count). The van der Waals surface area contributed by atoms with Crippen molar-refractivity contribution in [2.24, 2.45) is 0 Å². The van der Waals surface area contributed by atoms with E-state index in [-0.39, 0.29) is 6.10 Å². The second-order valence-corrected chi connectivity index (χ2v) is 3.51. The second-order valence-electron chi connectivity index (χ2n) is 3.51. The van der Waals surface area contributed by atoms with E-state index in [2.05, 4.69) is 12.1 Å². The van der Waals surface area contributed by atoms with Gasteiger partial charge in [-0.15, -0.1) is 0 Å². The van der Waals surface area contributed by atoms with Gasteiger partial charge in [-0.1, -0.05) is 18.2 Å². The Kier molecular flexibility index (Phi) is 2.34. The third kappa shape index (κ3) is 1.74. The lowest BCUT2D eigenvalue weighted by molar-refractivity contribution is 0.110. The molecule has 0 unspecified atom stereocenters. The highest BCUT2D eigenvalue weighted by atomic mass is 16.5. The van der Waals surface area contributed by atoms with Gasteiger partial charge in [-0.05, 0) is 30.0 Å². The Bertz CT molecular complexity index is 305. The summed E-state index contributed by atoms with van der Waals surface area (Å²) in [6.07, 6.45) is 0.601. The van der Waals surface area contributed by atoms with Crippen molar-refractivity contribution in [1.29, 1.82) is 0 Å². The summed E-state index contributed by atoms with van der Waals surface area (Å²) in [5.41, 5.74) is 3.58. The minimum absolute atomic E-state index is 0.367. The van der Waals surface area contributed by atoms with Crippen LogP contribution in [0.15, 0.2) is 18.2 Å². The molecule has 1 heterocycles. The Morgan fingerprint density at radius 1 is 1.38 bits per heavy atom. The molecule has 1 aliphatic heterocycles. The lowest BCUT2D eigenvalue weighted by Gasteiger charge is -2.17. The van der Waals surface area contributed by atoms with E-state index >= 15 is 0 Å². The van der Waals surface area contributed by atoms with Gasteiger partial charge in [0, 0.05) is 0 Å². The van der Waals surface area contributed by atoms with Crippen LogP contribution in [0.2, 0.25) is 0 Å². The zero-order chi connectivity index (χ0) is 9.26. The maximum atomic E-state index is 9.39. The number of ether oxygens (including phenoxy) is 1. The Balaban J connectivity index is 2.35. The van der Waals surface area contributed by atoms with Crippen molar-refractivity contribution in [2.75, 3.05) is 6.61 Å². The van der Waals surface area contributed by atoms with Gasteiger partial charge in [0.1, 0.15) is 0 Å². The van der Waals surface area contributed by atoms with Crippen molar-refractivity contribution >= 4 is 0 Å². The molecule has 1 atom stereocenters. The normalized spacial score (nSPS) is 18.0. The molecule has 1 aromatic rings. The van der Waals surface area contributed by atoms with E-state index in [1.54, 1.807) is 6.92 Å². The maximum Gasteiger partial charge on any atom is 0.0762 e. The summed E-state index contributed by atoms with van der Waals surface area (Å²) < 4.78 is 5.33. The molecular weight excluding hydrogens is 164 g/mol. The SMILES string of the molecule is C[C@H](O)c1ccc2c(c1)CCOC2. The fraction of sp³-hybridized carbons (Fsp3) is 0.455. The predicted molar refractivity (Wildman–Crippen MR) is 50.4 cm³/mol. The van der Waals surface area contributed by atoms with E-state index in [0.717, 1.165) is 25.2 Å². The van der Waals surface area contributed by atoms with Crippen LogP contribution >= 0.6 is 0 Å². The van der Waals surface area contributed by atoms with E-state index in [9.17, 15) is 5.11 Å². The molecular formula is C11H14O2. The van der Waals surface area contributed by atoms with Crippen LogP contribution in [-0.4, -0.2) is 11.7 Å². The largest absolute Gasteiger partial charge is 0.389 e. The fourth-order valence-corrected chi connectivity index (χ4v) is 1.64. The summed E-state index contributed by atoms with van der Waals surface area (Å²) in [5.74, 6) is 0. The van der Waals surface area contributed by atoms with Crippen molar-refractivity contribution < 1.29 is 9.84 Å². The van der Waals surface area contributed by atoms with E-state index in [1.165, 1.54) is 11.1 Å². The van der Waals surface area contributed by atoms with Crippen molar-refractivity contribution in [3.63, 3.8) is 0 Å². The highest BCUT2D eigenvalue weighted by molar-refractivity contribution is 5.33. The zero-order valence-corrected chi connectivity index (χ0v) is 7.79. The molecule has 2 nitrogen and oxygen atoms in total. The summed E-state index contributed by atoms with van der Waals surface area (Å²) in [6.45, 7) is 3.31. The van der Waals surface area contributed by atoms with Crippen molar-refractivity contribution in [1.82, 2.24) is 0 Å². The van der Waals surface area contributed by atoms with Crippen LogP contribution in [0.25, 0.3) is 0 Å². The first-order chi connectivity index (χ1) is 6.27. The monoisotopic (exact) mass is 178 g/mol. The van der Waals surface area contributed by atoms with E-state index in [0.29, 0.717) is 0 Å². The first-order valence-electron chi connectivity index (χ1n) is 4.65. The maximum absolute atomic E-state index is 9.39. The van der Waals surface area contributed by atoms with Gasteiger partial charge in [-0.3, -0.25) is 0 Å². The van der Waals surface area contributed by atoms with Gasteiger partial charge < -0.3 is 9.84 Å². The highest BCUT2D eigenvalue weighted by Gasteiger charge is 2.10. The van der Waals surface area contributed by atoms with Gasteiger partial charge in [0.15, 0.2) is 0 Å². The highest BCUT2D eigenvalue weighted by Crippen LogP contribution is 2.21. The quantitative estimate of drug-likeness (QED) is 0.710. The van der Waals surface area contributed by atoms with Crippen LogP contribution in [-0.2, 0) is 17.8 Å². The first kappa shape index (κ1) is 8.73. The average Bonchev–Trinajstić information content (AvgIpc) is 2.17. The molecule has 0 fully saturated rings. The number of rotatable bonds is 1. The summed E-state index contributed by atoms with van der Waals surface area (Å²) in [7, 11) is 0. The summed E-state index contributed by atoms with van der Waals surface area (Å²) >= 11 is 0. The third-order valence-electron chi connectivity index (χ3n) is 2.49. The molecule has 0 amide bonds. The molecule has 0 spiro atoms. The summed E-state index contributed by atoms with van der Waals surface area (Å²) in [6, 6.07) is 6.11. The van der Waals surface area contributed by atoms with E-state index in [4.69, 9.17) is 4.74 Å². The molecule has 0 radical (unpaired) electrons. The number of hydrogen-bond donors (Lipinski definition) is 1. The van der Waals surface area contributed by atoms with Crippen LogP contribution < -0.4 is 0 Å². The molecule has 0 aliphatic carbocycles. The van der Waals surface area contributed by atoms with Crippen LogP contribution in [0.4, 0.5) is 0 Å². The fourth-order valence-electron chi connectivity index (χ4n) is 1.64. The minimum Gasteiger partial charge on any atom is -0.389 e. The Hall–Kier alpha value is -0.860. The molecule has 1 N–H and O–H groups in total. The third-order valence-corrected chi connectivity index (χ3v) is 2.49. The smallest absolute Gasteiger partial charge is 0.0762 e. The average molecular weight is 178 g/mol. The van der Waals surface area contributed by atoms with Gasteiger partial charge in [0.25, 0.3) is 0 Å². The molecule has 1 aromatic carbocycles. The summed E-state index contributed by atoms with van der Waals surface area (Å²) in [4.78, 5) is 0. The van der Waals surface area contributed by atoms with Gasteiger partial charge >= 0.3 is 0 Å². The standard InChI is InChI=1S/C11H14O2/c1-8(12)9-2-3-11-7-13-5-4-10(11)6-9/h2-3,6,8,12H,4-5,7H2,1H3/t8-/m0/s1. The Labute approximate surface area is 78.2 Å². The van der Waals surface area contributed by atoms with Crippen LogP contribution in [0.5, 0.6) is 0 Å². The number of aliphatic hydroxyl groups is 1.